The van der Waals surface area contributed by atoms with Crippen molar-refractivity contribution in [3.8, 4) is 5.75 Å². The van der Waals surface area contributed by atoms with E-state index in [1.165, 1.54) is 25.1 Å². The maximum absolute atomic E-state index is 13.3. The number of hydrogen-bond donors (Lipinski definition) is 0. The number of Topliss-reactive ketones (excluding diaryl/α,β-unsaturated/α-hetero) is 1. The van der Waals surface area contributed by atoms with Gasteiger partial charge in [0.05, 0.1) is 18.7 Å². The minimum Gasteiger partial charge on any atom is -0.490 e. The molecule has 1 aliphatic rings. The molecule has 1 fully saturated rings. The van der Waals surface area contributed by atoms with Crippen molar-refractivity contribution in [1.29, 1.82) is 0 Å². The number of halogens is 2. The molecule has 3 rings (SSSR count). The molecule has 7 heteroatoms. The molecule has 134 valence electrons. The van der Waals surface area contributed by atoms with Crippen LogP contribution in [0.25, 0.3) is 0 Å². The van der Waals surface area contributed by atoms with Gasteiger partial charge in [-0.25, -0.2) is 4.39 Å². The molecule has 2 heterocycles. The molecule has 0 spiro atoms. The molecule has 2 aromatic rings. The molecule has 1 aromatic heterocycles. The first kappa shape index (κ1) is 18.1. The standard InChI is InChI=1S/C18H19BrFNO4/c1-12(22)16-8-13(20)2-4-17(16)24-11-15-10-21(6-7-23-15)9-14-3-5-18(19)25-14/h2-5,8,15H,6-7,9-11H2,1H3. The van der Waals surface area contributed by atoms with Crippen molar-refractivity contribution in [3.05, 3.63) is 52.1 Å². The quantitative estimate of drug-likeness (QED) is 0.678. The van der Waals surface area contributed by atoms with Crippen LogP contribution in [0.3, 0.4) is 0 Å². The fourth-order valence-electron chi connectivity index (χ4n) is 2.77. The van der Waals surface area contributed by atoms with E-state index in [1.54, 1.807) is 0 Å². The molecule has 5 nitrogen and oxygen atoms in total. The van der Waals surface area contributed by atoms with Crippen LogP contribution >= 0.6 is 15.9 Å². The van der Waals surface area contributed by atoms with Gasteiger partial charge in [-0.05, 0) is 53.2 Å². The van der Waals surface area contributed by atoms with Gasteiger partial charge in [-0.1, -0.05) is 0 Å². The molecule has 0 radical (unpaired) electrons. The predicted molar refractivity (Wildman–Crippen MR) is 93.3 cm³/mol. The Morgan fingerprint density at radius 2 is 2.24 bits per heavy atom. The summed E-state index contributed by atoms with van der Waals surface area (Å²) in [7, 11) is 0. The van der Waals surface area contributed by atoms with Crippen molar-refractivity contribution in [3.63, 3.8) is 0 Å². The smallest absolute Gasteiger partial charge is 0.169 e. The highest BCUT2D eigenvalue weighted by molar-refractivity contribution is 9.10. The average molecular weight is 412 g/mol. The maximum atomic E-state index is 13.3. The summed E-state index contributed by atoms with van der Waals surface area (Å²) >= 11 is 3.30. The van der Waals surface area contributed by atoms with Crippen molar-refractivity contribution in [2.75, 3.05) is 26.3 Å². The summed E-state index contributed by atoms with van der Waals surface area (Å²) in [5.74, 6) is 0.571. The van der Waals surface area contributed by atoms with E-state index in [9.17, 15) is 9.18 Å². The maximum Gasteiger partial charge on any atom is 0.169 e. The van der Waals surface area contributed by atoms with E-state index in [0.717, 1.165) is 12.3 Å². The molecule has 25 heavy (non-hydrogen) atoms. The van der Waals surface area contributed by atoms with Crippen LogP contribution in [0.4, 0.5) is 4.39 Å². The molecule has 1 aliphatic heterocycles. The van der Waals surface area contributed by atoms with Crippen molar-refractivity contribution in [1.82, 2.24) is 4.90 Å². The number of rotatable bonds is 6. The second kappa shape index (κ2) is 8.12. The SMILES string of the molecule is CC(=O)c1cc(F)ccc1OCC1CN(Cc2ccc(Br)o2)CCO1. The van der Waals surface area contributed by atoms with E-state index < -0.39 is 5.82 Å². The van der Waals surface area contributed by atoms with E-state index in [4.69, 9.17) is 13.9 Å². The summed E-state index contributed by atoms with van der Waals surface area (Å²) < 4.78 is 31.0. The van der Waals surface area contributed by atoms with Crippen LogP contribution in [0.1, 0.15) is 23.0 Å². The lowest BCUT2D eigenvalue weighted by atomic mass is 10.1. The van der Waals surface area contributed by atoms with Gasteiger partial charge in [-0.3, -0.25) is 9.69 Å². The van der Waals surface area contributed by atoms with Gasteiger partial charge in [0.1, 0.15) is 30.0 Å². The third-order valence-electron chi connectivity index (χ3n) is 3.98. The van der Waals surface area contributed by atoms with Gasteiger partial charge in [0.25, 0.3) is 0 Å². The van der Waals surface area contributed by atoms with Crippen molar-refractivity contribution < 1.29 is 23.1 Å². The number of ether oxygens (including phenoxy) is 2. The van der Waals surface area contributed by atoms with E-state index >= 15 is 0 Å². The molecule has 1 atom stereocenters. The number of ketones is 1. The van der Waals surface area contributed by atoms with Gasteiger partial charge < -0.3 is 13.9 Å². The van der Waals surface area contributed by atoms with E-state index in [2.05, 4.69) is 20.8 Å². The first-order chi connectivity index (χ1) is 12.0. The Morgan fingerprint density at radius 1 is 1.40 bits per heavy atom. The zero-order valence-electron chi connectivity index (χ0n) is 13.8. The second-order valence-corrected chi connectivity index (χ2v) is 6.72. The van der Waals surface area contributed by atoms with Crippen LogP contribution in [-0.2, 0) is 11.3 Å². The minimum atomic E-state index is -0.456. The molecule has 0 bridgehead atoms. The number of morpholine rings is 1. The number of furan rings is 1. The Hall–Kier alpha value is -1.70. The predicted octanol–water partition coefficient (Wildman–Crippen LogP) is 3.66. The van der Waals surface area contributed by atoms with Gasteiger partial charge in [0.15, 0.2) is 10.5 Å². The Kier molecular flexibility index (Phi) is 5.88. The number of carbonyl (C=O) groups is 1. The van der Waals surface area contributed by atoms with E-state index in [0.29, 0.717) is 36.7 Å². The first-order valence-electron chi connectivity index (χ1n) is 8.02. The highest BCUT2D eigenvalue weighted by Crippen LogP contribution is 2.22. The van der Waals surface area contributed by atoms with Crippen molar-refractivity contribution >= 4 is 21.7 Å². The number of nitrogens with zero attached hydrogens (tertiary/aromatic N) is 1. The second-order valence-electron chi connectivity index (χ2n) is 5.94. The Bertz CT molecular complexity index is 748. The van der Waals surface area contributed by atoms with Crippen LogP contribution in [0.5, 0.6) is 5.75 Å². The summed E-state index contributed by atoms with van der Waals surface area (Å²) in [6.07, 6.45) is -0.128. The van der Waals surface area contributed by atoms with Gasteiger partial charge >= 0.3 is 0 Å². The van der Waals surface area contributed by atoms with Crippen LogP contribution in [-0.4, -0.2) is 43.1 Å². The molecule has 0 aliphatic carbocycles. The molecule has 0 N–H and O–H groups in total. The lowest BCUT2D eigenvalue weighted by Gasteiger charge is -2.32. The summed E-state index contributed by atoms with van der Waals surface area (Å²) in [5.41, 5.74) is 0.244. The molecule has 1 saturated heterocycles. The molecular weight excluding hydrogens is 393 g/mol. The van der Waals surface area contributed by atoms with E-state index in [-0.39, 0.29) is 17.5 Å². The highest BCUT2D eigenvalue weighted by atomic mass is 79.9. The zero-order chi connectivity index (χ0) is 17.8. The normalized spacial score (nSPS) is 18.3. The largest absolute Gasteiger partial charge is 0.490 e. The molecule has 0 amide bonds. The van der Waals surface area contributed by atoms with Crippen molar-refractivity contribution in [2.24, 2.45) is 0 Å². The zero-order valence-corrected chi connectivity index (χ0v) is 15.4. The topological polar surface area (TPSA) is 51.9 Å². The Labute approximate surface area is 153 Å². The lowest BCUT2D eigenvalue weighted by Crippen LogP contribution is -2.44. The number of benzene rings is 1. The average Bonchev–Trinajstić information content (AvgIpc) is 2.99. The van der Waals surface area contributed by atoms with E-state index in [1.807, 2.05) is 12.1 Å². The number of hydrogen-bond acceptors (Lipinski definition) is 5. The fraction of sp³-hybridized carbons (Fsp3) is 0.389. The lowest BCUT2D eigenvalue weighted by molar-refractivity contribution is -0.0519. The number of carbonyl (C=O) groups excluding carboxylic acids is 1. The summed E-state index contributed by atoms with van der Waals surface area (Å²) in [6.45, 7) is 4.48. The Balaban J connectivity index is 1.57. The van der Waals surface area contributed by atoms with Gasteiger partial charge in [-0.15, -0.1) is 0 Å². The Morgan fingerprint density at radius 3 is 2.96 bits per heavy atom. The van der Waals surface area contributed by atoms with Crippen LogP contribution < -0.4 is 4.74 Å². The van der Waals surface area contributed by atoms with Crippen LogP contribution in [0, 0.1) is 5.82 Å². The molecule has 0 saturated carbocycles. The summed E-state index contributed by atoms with van der Waals surface area (Å²) in [5, 5.41) is 0. The minimum absolute atomic E-state index is 0.128. The summed E-state index contributed by atoms with van der Waals surface area (Å²) in [6, 6.07) is 7.76. The monoisotopic (exact) mass is 411 g/mol. The van der Waals surface area contributed by atoms with Gasteiger partial charge in [0, 0.05) is 13.1 Å². The van der Waals surface area contributed by atoms with Gasteiger partial charge in [0.2, 0.25) is 0 Å². The van der Waals surface area contributed by atoms with Gasteiger partial charge in [-0.2, -0.15) is 0 Å². The fourth-order valence-corrected chi connectivity index (χ4v) is 3.11. The molecule has 1 unspecified atom stereocenters. The van der Waals surface area contributed by atoms with Crippen molar-refractivity contribution in [2.45, 2.75) is 19.6 Å². The summed E-state index contributed by atoms with van der Waals surface area (Å²) in [4.78, 5) is 13.8. The van der Waals surface area contributed by atoms with Crippen LogP contribution in [0.15, 0.2) is 39.4 Å². The van der Waals surface area contributed by atoms with Crippen LogP contribution in [0.2, 0.25) is 0 Å². The highest BCUT2D eigenvalue weighted by Gasteiger charge is 2.22. The third kappa shape index (κ3) is 4.90. The molecule has 1 aromatic carbocycles. The third-order valence-corrected chi connectivity index (χ3v) is 4.40. The molecular formula is C18H19BrFNO4. The first-order valence-corrected chi connectivity index (χ1v) is 8.82.